The van der Waals surface area contributed by atoms with Crippen molar-refractivity contribution >= 4 is 29.1 Å². The number of pyridine rings is 1. The van der Waals surface area contributed by atoms with Crippen LogP contribution >= 0.6 is 0 Å². The lowest BCUT2D eigenvalue weighted by molar-refractivity contribution is -0.134. The molecule has 6 aliphatic rings. The van der Waals surface area contributed by atoms with Gasteiger partial charge in [-0.1, -0.05) is 36.4 Å². The number of carbonyl (C=O) groups excluding carboxylic acids is 3. The summed E-state index contributed by atoms with van der Waals surface area (Å²) < 4.78 is 28.6. The number of amides is 3. The topological polar surface area (TPSA) is 137 Å². The van der Waals surface area contributed by atoms with Crippen LogP contribution in [-0.2, 0) is 16.0 Å². The van der Waals surface area contributed by atoms with Gasteiger partial charge in [0.05, 0.1) is 18.8 Å². The van der Waals surface area contributed by atoms with E-state index in [0.29, 0.717) is 35.3 Å². The molecule has 1 spiro atoms. The molecule has 3 aromatic carbocycles. The molecule has 4 aliphatic heterocycles. The molecule has 318 valence electrons. The Kier molecular flexibility index (Phi) is 10.3. The summed E-state index contributed by atoms with van der Waals surface area (Å²) in [5.74, 6) is 0.550. The Hall–Kier alpha value is -5.69. The molecule has 3 amide bonds. The molecule has 3 N–H and O–H groups in total. The van der Waals surface area contributed by atoms with Crippen molar-refractivity contribution in [3.05, 3.63) is 107 Å². The second-order valence-corrected chi connectivity index (χ2v) is 18.1. The molecule has 4 atom stereocenters. The number of aromatic nitrogens is 1. The van der Waals surface area contributed by atoms with Gasteiger partial charge in [0.15, 0.2) is 0 Å². The number of piperidine rings is 2. The van der Waals surface area contributed by atoms with E-state index in [0.717, 1.165) is 87.3 Å². The van der Waals surface area contributed by atoms with Gasteiger partial charge in [0.2, 0.25) is 17.7 Å². The molecule has 12 nitrogen and oxygen atoms in total. The highest BCUT2D eigenvalue weighted by Gasteiger charge is 2.47. The first-order valence-corrected chi connectivity index (χ1v) is 21.9. The number of phenolic OH excluding ortho intramolecular Hbond substituents is 1. The Morgan fingerprint density at radius 3 is 2.57 bits per heavy atom. The third-order valence-corrected chi connectivity index (χ3v) is 14.5. The highest BCUT2D eigenvalue weighted by Crippen LogP contribution is 2.54. The lowest BCUT2D eigenvalue weighted by Crippen LogP contribution is -2.59. The average molecular weight is 829 g/mol. The Labute approximate surface area is 355 Å². The smallest absolute Gasteiger partial charge is 0.270 e. The van der Waals surface area contributed by atoms with Gasteiger partial charge in [-0.2, -0.15) is 0 Å². The quantitative estimate of drug-likeness (QED) is 0.184. The zero-order valence-electron chi connectivity index (χ0n) is 34.6. The number of phenols is 1. The molecule has 1 saturated carbocycles. The van der Waals surface area contributed by atoms with E-state index in [1.807, 2.05) is 30.3 Å². The van der Waals surface area contributed by atoms with Crippen molar-refractivity contribution in [1.29, 1.82) is 0 Å². The standard InChI is InChI=1S/C48H53FN6O6/c1-60-42-23-41(37(49)22-36(42)44-34(30-5-3-2-4-6-30)9-7-31-21-33(56)8-10-35(31)44)54-17-15-48(16-18-54)24-29(25-48)26-53-19-20-55-32(27-53)28-61-47-40(55)13-11-39(51-47)45(58)50-38-12-14-43(57)52-46(38)59/h2-6,8,10-11,13,21-23,29,32,34,38,44,56H,7,9,12,14-20,24-28H2,1H3,(H,50,58)(H,52,57,59)/t32-,34+,38-,44-/m0/s1. The van der Waals surface area contributed by atoms with Crippen LogP contribution in [0.4, 0.5) is 15.8 Å². The number of nitrogens with one attached hydrogen (secondary N) is 2. The van der Waals surface area contributed by atoms with Gasteiger partial charge in [0, 0.05) is 63.2 Å². The third kappa shape index (κ3) is 7.55. The fourth-order valence-electron chi connectivity index (χ4n) is 11.4. The number of aromatic hydroxyl groups is 1. The summed E-state index contributed by atoms with van der Waals surface area (Å²) in [7, 11) is 1.68. The number of piperazine rings is 1. The van der Waals surface area contributed by atoms with Crippen molar-refractivity contribution in [2.75, 3.05) is 62.8 Å². The maximum atomic E-state index is 16.4. The third-order valence-electron chi connectivity index (χ3n) is 14.5. The molecular weight excluding hydrogens is 776 g/mol. The molecule has 0 radical (unpaired) electrons. The van der Waals surface area contributed by atoms with Crippen molar-refractivity contribution in [3.63, 3.8) is 0 Å². The van der Waals surface area contributed by atoms with E-state index in [4.69, 9.17) is 9.47 Å². The lowest BCUT2D eigenvalue weighted by atomic mass is 9.57. The number of imide groups is 1. The molecule has 1 aromatic heterocycles. The van der Waals surface area contributed by atoms with Crippen LogP contribution in [0.1, 0.15) is 89.5 Å². The predicted octanol–water partition coefficient (Wildman–Crippen LogP) is 5.91. The van der Waals surface area contributed by atoms with Gasteiger partial charge < -0.3 is 29.7 Å². The maximum absolute atomic E-state index is 16.4. The number of benzene rings is 3. The fourth-order valence-corrected chi connectivity index (χ4v) is 11.4. The molecule has 4 aromatic rings. The molecule has 5 heterocycles. The van der Waals surface area contributed by atoms with Crippen LogP contribution < -0.4 is 29.9 Å². The number of fused-ring (bicyclic) bond motifs is 4. The molecule has 61 heavy (non-hydrogen) atoms. The van der Waals surface area contributed by atoms with Crippen LogP contribution in [0, 0.1) is 17.2 Å². The van der Waals surface area contributed by atoms with E-state index >= 15 is 4.39 Å². The van der Waals surface area contributed by atoms with Crippen LogP contribution in [-0.4, -0.2) is 97.8 Å². The number of rotatable bonds is 8. The van der Waals surface area contributed by atoms with E-state index in [1.165, 1.54) is 18.4 Å². The van der Waals surface area contributed by atoms with E-state index in [-0.39, 0.29) is 53.9 Å². The normalized spacial score (nSPS) is 24.8. The summed E-state index contributed by atoms with van der Waals surface area (Å²) in [6, 6.07) is 22.7. The van der Waals surface area contributed by atoms with E-state index in [9.17, 15) is 19.5 Å². The summed E-state index contributed by atoms with van der Waals surface area (Å²) in [4.78, 5) is 48.2. The molecule has 0 bridgehead atoms. The first-order chi connectivity index (χ1) is 29.6. The summed E-state index contributed by atoms with van der Waals surface area (Å²) in [5.41, 5.74) is 6.27. The highest BCUT2D eigenvalue weighted by atomic mass is 19.1. The second kappa shape index (κ2) is 16.0. The zero-order valence-corrected chi connectivity index (χ0v) is 34.6. The number of methoxy groups -OCH3 is 1. The molecule has 2 aliphatic carbocycles. The molecule has 0 unspecified atom stereocenters. The van der Waals surface area contributed by atoms with Crippen LogP contribution in [0.2, 0.25) is 0 Å². The minimum Gasteiger partial charge on any atom is -0.508 e. The highest BCUT2D eigenvalue weighted by molar-refractivity contribution is 6.03. The SMILES string of the molecule is COc1cc(N2CCC3(CC2)CC(CN2CCN4c5ccc(C(=O)N[C@H]6CCC(=O)NC6=O)nc5OC[C@@H]4C2)C3)c(F)cc1[C@@H]1c2ccc(O)cc2CC[C@@H]1c1ccccc1. The average Bonchev–Trinajstić information content (AvgIpc) is 3.26. The van der Waals surface area contributed by atoms with Gasteiger partial charge in [0.1, 0.15) is 41.3 Å². The molecular formula is C48H53FN6O6. The summed E-state index contributed by atoms with van der Waals surface area (Å²) >= 11 is 0. The molecule has 13 heteroatoms. The molecule has 4 fully saturated rings. The van der Waals surface area contributed by atoms with Crippen molar-refractivity contribution < 1.29 is 33.4 Å². The van der Waals surface area contributed by atoms with Gasteiger partial charge in [-0.3, -0.25) is 24.6 Å². The second-order valence-electron chi connectivity index (χ2n) is 18.1. The lowest BCUT2D eigenvalue weighted by Gasteiger charge is -2.54. The van der Waals surface area contributed by atoms with E-state index < -0.39 is 17.9 Å². The number of nitrogens with zero attached hydrogens (tertiary/aromatic N) is 4. The monoisotopic (exact) mass is 828 g/mol. The van der Waals surface area contributed by atoms with Gasteiger partial charge in [-0.05, 0) is 109 Å². The number of hydrogen-bond donors (Lipinski definition) is 3. The maximum Gasteiger partial charge on any atom is 0.270 e. The van der Waals surface area contributed by atoms with Crippen molar-refractivity contribution in [3.8, 4) is 17.4 Å². The van der Waals surface area contributed by atoms with Gasteiger partial charge >= 0.3 is 0 Å². The Morgan fingerprint density at radius 2 is 1.79 bits per heavy atom. The Morgan fingerprint density at radius 1 is 0.967 bits per heavy atom. The first-order valence-electron chi connectivity index (χ1n) is 21.9. The van der Waals surface area contributed by atoms with Crippen LogP contribution in [0.5, 0.6) is 17.4 Å². The number of halogens is 1. The Balaban J connectivity index is 0.745. The number of ether oxygens (including phenoxy) is 2. The van der Waals surface area contributed by atoms with Crippen molar-refractivity contribution in [2.24, 2.45) is 11.3 Å². The number of anilines is 2. The predicted molar refractivity (Wildman–Crippen MR) is 228 cm³/mol. The first kappa shape index (κ1) is 39.4. The molecule has 3 saturated heterocycles. The number of aryl methyl sites for hydroxylation is 1. The zero-order chi connectivity index (χ0) is 41.8. The fraction of sp³-hybridized carbons (Fsp3) is 0.458. The van der Waals surface area contributed by atoms with Gasteiger partial charge in [0.25, 0.3) is 5.91 Å². The van der Waals surface area contributed by atoms with Crippen molar-refractivity contribution in [1.82, 2.24) is 20.5 Å². The number of hydrogen-bond acceptors (Lipinski definition) is 10. The minimum atomic E-state index is -0.767. The van der Waals surface area contributed by atoms with Crippen LogP contribution in [0.3, 0.4) is 0 Å². The molecule has 10 rings (SSSR count). The Bertz CT molecular complexity index is 2340. The summed E-state index contributed by atoms with van der Waals surface area (Å²) in [6.45, 7) is 5.84. The van der Waals surface area contributed by atoms with Gasteiger partial charge in [-0.15, -0.1) is 0 Å². The van der Waals surface area contributed by atoms with E-state index in [1.54, 1.807) is 25.3 Å². The van der Waals surface area contributed by atoms with Crippen LogP contribution in [0.15, 0.2) is 72.8 Å². The largest absolute Gasteiger partial charge is 0.508 e. The van der Waals surface area contributed by atoms with E-state index in [2.05, 4.69) is 54.6 Å². The summed E-state index contributed by atoms with van der Waals surface area (Å²) in [6.07, 6.45) is 6.67. The van der Waals surface area contributed by atoms with Gasteiger partial charge in [-0.25, -0.2) is 9.37 Å². The minimum absolute atomic E-state index is 0.105. The van der Waals surface area contributed by atoms with Crippen molar-refractivity contribution in [2.45, 2.75) is 75.3 Å². The summed E-state index contributed by atoms with van der Waals surface area (Å²) in [5, 5.41) is 15.3. The number of carbonyl (C=O) groups is 3. The van der Waals surface area contributed by atoms with Crippen LogP contribution in [0.25, 0.3) is 0 Å².